The lowest BCUT2D eigenvalue weighted by atomic mass is 10.2. The van der Waals surface area contributed by atoms with E-state index in [1.54, 1.807) is 6.07 Å². The Balaban J connectivity index is 2.06. The number of hydrogen-bond donors (Lipinski definition) is 3. The molecule has 10 heteroatoms. The van der Waals surface area contributed by atoms with E-state index in [0.29, 0.717) is 30.3 Å². The van der Waals surface area contributed by atoms with Crippen LogP contribution >= 0.6 is 23.4 Å². The molecule has 0 aromatic carbocycles. The molecule has 1 rings (SSSR count). The van der Waals surface area contributed by atoms with Crippen molar-refractivity contribution in [1.82, 2.24) is 20.6 Å². The van der Waals surface area contributed by atoms with E-state index in [1.165, 1.54) is 11.8 Å². The summed E-state index contributed by atoms with van der Waals surface area (Å²) in [5, 5.41) is 6.44. The summed E-state index contributed by atoms with van der Waals surface area (Å²) in [6.07, 6.45) is 1.46. The zero-order valence-electron chi connectivity index (χ0n) is 15.3. The van der Waals surface area contributed by atoms with E-state index in [2.05, 4.69) is 20.6 Å². The molecule has 1 aromatic rings. The van der Waals surface area contributed by atoms with Crippen LogP contribution in [0.1, 0.15) is 40.0 Å². The van der Waals surface area contributed by atoms with Crippen molar-refractivity contribution >= 4 is 41.3 Å². The molecule has 0 spiro atoms. The third-order valence-electron chi connectivity index (χ3n) is 2.86. The smallest absolute Gasteiger partial charge is 0.407 e. The van der Waals surface area contributed by atoms with Crippen molar-refractivity contribution in [3.63, 3.8) is 0 Å². The summed E-state index contributed by atoms with van der Waals surface area (Å²) in [5.41, 5.74) is 5.01. The molecule has 4 N–H and O–H groups in total. The number of nitrogens with one attached hydrogen (secondary N) is 2. The SMILES string of the molecule is CC(C)(C)OC(=O)NCCCCNC(=O)CCSc1cc(Cl)nc(N)n1. The van der Waals surface area contributed by atoms with Crippen LogP contribution < -0.4 is 16.4 Å². The molecule has 146 valence electrons. The molecule has 0 aliphatic rings. The van der Waals surface area contributed by atoms with Gasteiger partial charge in [-0.15, -0.1) is 11.8 Å². The van der Waals surface area contributed by atoms with Gasteiger partial charge in [-0.05, 0) is 33.6 Å². The Morgan fingerprint density at radius 1 is 1.23 bits per heavy atom. The van der Waals surface area contributed by atoms with Crippen molar-refractivity contribution < 1.29 is 14.3 Å². The monoisotopic (exact) mass is 403 g/mol. The summed E-state index contributed by atoms with van der Waals surface area (Å²) < 4.78 is 5.13. The van der Waals surface area contributed by atoms with Crippen LogP contribution in [0.4, 0.5) is 10.7 Å². The molecule has 0 saturated heterocycles. The molecular formula is C16H26ClN5O3S. The quantitative estimate of drug-likeness (QED) is 0.329. The van der Waals surface area contributed by atoms with Gasteiger partial charge >= 0.3 is 6.09 Å². The summed E-state index contributed by atoms with van der Waals surface area (Å²) >= 11 is 7.19. The second-order valence-corrected chi connectivity index (χ2v) is 7.97. The molecule has 8 nitrogen and oxygen atoms in total. The van der Waals surface area contributed by atoms with E-state index >= 15 is 0 Å². The summed E-state index contributed by atoms with van der Waals surface area (Å²) in [5.74, 6) is 0.647. The third kappa shape index (κ3) is 11.0. The molecule has 1 heterocycles. The zero-order chi connectivity index (χ0) is 19.6. The fraction of sp³-hybridized carbons (Fsp3) is 0.625. The highest BCUT2D eigenvalue weighted by molar-refractivity contribution is 7.99. The van der Waals surface area contributed by atoms with Crippen LogP contribution in [0, 0.1) is 0 Å². The second kappa shape index (κ2) is 11.1. The highest BCUT2D eigenvalue weighted by Gasteiger charge is 2.15. The molecule has 26 heavy (non-hydrogen) atoms. The van der Waals surface area contributed by atoms with Crippen LogP contribution in [0.15, 0.2) is 11.1 Å². The predicted octanol–water partition coefficient (Wildman–Crippen LogP) is 2.62. The number of thioether (sulfide) groups is 1. The second-order valence-electron chi connectivity index (χ2n) is 6.47. The highest BCUT2D eigenvalue weighted by atomic mass is 35.5. The molecule has 2 amide bonds. The number of aromatic nitrogens is 2. The average molecular weight is 404 g/mol. The number of nitrogens with zero attached hydrogens (tertiary/aromatic N) is 2. The Kier molecular flexibility index (Phi) is 9.50. The molecule has 0 aliphatic carbocycles. The standard InChI is InChI=1S/C16H26ClN5O3S/c1-16(2,3)25-15(24)20-8-5-4-7-19-12(23)6-9-26-13-10-11(17)21-14(18)22-13/h10H,4-9H2,1-3H3,(H,19,23)(H,20,24)(H2,18,21,22). The van der Waals surface area contributed by atoms with Crippen molar-refractivity contribution in [3.8, 4) is 0 Å². The first-order chi connectivity index (χ1) is 12.2. The van der Waals surface area contributed by atoms with Gasteiger partial charge in [-0.25, -0.2) is 14.8 Å². The lowest BCUT2D eigenvalue weighted by molar-refractivity contribution is -0.120. The minimum absolute atomic E-state index is 0.0364. The zero-order valence-corrected chi connectivity index (χ0v) is 16.9. The van der Waals surface area contributed by atoms with Crippen LogP contribution in [-0.2, 0) is 9.53 Å². The molecule has 0 fully saturated rings. The Bertz CT molecular complexity index is 590. The van der Waals surface area contributed by atoms with Crippen molar-refractivity contribution in [2.45, 2.75) is 50.7 Å². The maximum absolute atomic E-state index is 11.8. The van der Waals surface area contributed by atoms with Crippen molar-refractivity contribution in [2.75, 3.05) is 24.6 Å². The number of carbonyl (C=O) groups excluding carboxylic acids is 2. The van der Waals surface area contributed by atoms with E-state index in [4.69, 9.17) is 22.1 Å². The maximum Gasteiger partial charge on any atom is 0.407 e. The van der Waals surface area contributed by atoms with Crippen molar-refractivity contribution in [1.29, 1.82) is 0 Å². The summed E-state index contributed by atoms with van der Waals surface area (Å²) in [7, 11) is 0. The van der Waals surface area contributed by atoms with E-state index in [1.807, 2.05) is 20.8 Å². The lowest BCUT2D eigenvalue weighted by Gasteiger charge is -2.19. The van der Waals surface area contributed by atoms with Gasteiger partial charge in [0.25, 0.3) is 0 Å². The Morgan fingerprint density at radius 3 is 2.50 bits per heavy atom. The summed E-state index contributed by atoms with van der Waals surface area (Å²) in [6.45, 7) is 6.51. The number of hydrogen-bond acceptors (Lipinski definition) is 7. The number of nitrogen functional groups attached to an aromatic ring is 1. The first-order valence-electron chi connectivity index (χ1n) is 8.32. The number of halogens is 1. The minimum atomic E-state index is -0.501. The van der Waals surface area contributed by atoms with E-state index < -0.39 is 11.7 Å². The molecule has 0 saturated carbocycles. The van der Waals surface area contributed by atoms with Gasteiger partial charge in [0.2, 0.25) is 11.9 Å². The van der Waals surface area contributed by atoms with Crippen LogP contribution in [0.25, 0.3) is 0 Å². The number of carbonyl (C=O) groups is 2. The number of ether oxygens (including phenoxy) is 1. The largest absolute Gasteiger partial charge is 0.444 e. The van der Waals surface area contributed by atoms with E-state index in [-0.39, 0.29) is 17.0 Å². The summed E-state index contributed by atoms with van der Waals surface area (Å²) in [4.78, 5) is 31.0. The van der Waals surface area contributed by atoms with Gasteiger partial charge in [-0.1, -0.05) is 11.6 Å². The van der Waals surface area contributed by atoms with Gasteiger partial charge in [0.1, 0.15) is 15.8 Å². The van der Waals surface area contributed by atoms with Gasteiger partial charge in [0.05, 0.1) is 0 Å². The molecule has 0 radical (unpaired) electrons. The molecular weight excluding hydrogens is 378 g/mol. The fourth-order valence-electron chi connectivity index (χ4n) is 1.81. The lowest BCUT2D eigenvalue weighted by Crippen LogP contribution is -2.33. The van der Waals surface area contributed by atoms with Crippen LogP contribution in [0.3, 0.4) is 0 Å². The van der Waals surface area contributed by atoms with E-state index in [0.717, 1.165) is 12.8 Å². The molecule has 0 unspecified atom stereocenters. The Hall–Kier alpha value is -1.74. The third-order valence-corrected chi connectivity index (χ3v) is 3.97. The van der Waals surface area contributed by atoms with Gasteiger partial charge in [-0.2, -0.15) is 0 Å². The number of alkyl carbamates (subject to hydrolysis) is 1. The number of amides is 2. The summed E-state index contributed by atoms with van der Waals surface area (Å²) in [6, 6.07) is 1.61. The van der Waals surface area contributed by atoms with Gasteiger partial charge in [-0.3, -0.25) is 4.79 Å². The maximum atomic E-state index is 11.8. The molecule has 0 atom stereocenters. The van der Waals surface area contributed by atoms with Crippen LogP contribution in [0.2, 0.25) is 5.15 Å². The predicted molar refractivity (Wildman–Crippen MR) is 103 cm³/mol. The Labute approximate surface area is 163 Å². The topological polar surface area (TPSA) is 119 Å². The number of unbranched alkanes of at least 4 members (excludes halogenated alkanes) is 1. The average Bonchev–Trinajstić information content (AvgIpc) is 2.48. The number of rotatable bonds is 9. The minimum Gasteiger partial charge on any atom is -0.444 e. The normalized spacial score (nSPS) is 11.1. The van der Waals surface area contributed by atoms with Crippen molar-refractivity contribution in [2.24, 2.45) is 0 Å². The molecule has 0 aliphatic heterocycles. The first-order valence-corrected chi connectivity index (χ1v) is 9.68. The highest BCUT2D eigenvalue weighted by Crippen LogP contribution is 2.20. The molecule has 0 bridgehead atoms. The Morgan fingerprint density at radius 2 is 1.88 bits per heavy atom. The number of anilines is 1. The van der Waals surface area contributed by atoms with E-state index in [9.17, 15) is 9.59 Å². The first kappa shape index (κ1) is 22.3. The van der Waals surface area contributed by atoms with Gasteiger partial charge in [0, 0.05) is 31.3 Å². The van der Waals surface area contributed by atoms with Gasteiger partial charge < -0.3 is 21.1 Å². The number of nitrogens with two attached hydrogens (primary N) is 1. The fourth-order valence-corrected chi connectivity index (χ4v) is 2.91. The van der Waals surface area contributed by atoms with Crippen LogP contribution in [0.5, 0.6) is 0 Å². The van der Waals surface area contributed by atoms with Crippen LogP contribution in [-0.4, -0.2) is 46.4 Å². The molecule has 1 aromatic heterocycles. The van der Waals surface area contributed by atoms with Gasteiger partial charge in [0.15, 0.2) is 0 Å². The van der Waals surface area contributed by atoms with Crippen molar-refractivity contribution in [3.05, 3.63) is 11.2 Å².